The largest absolute Gasteiger partial charge is 0.497 e. The van der Waals surface area contributed by atoms with Crippen LogP contribution in [0.25, 0.3) is 0 Å². The average Bonchev–Trinajstić information content (AvgIpc) is 2.75. The summed E-state index contributed by atoms with van der Waals surface area (Å²) in [6.45, 7) is 3.20. The summed E-state index contributed by atoms with van der Waals surface area (Å²) in [6.07, 6.45) is 3.75. The van der Waals surface area contributed by atoms with Gasteiger partial charge in [0, 0.05) is 18.7 Å². The number of rotatable bonds is 5. The van der Waals surface area contributed by atoms with Gasteiger partial charge in [-0.2, -0.15) is 0 Å². The van der Waals surface area contributed by atoms with Gasteiger partial charge in [-0.05, 0) is 57.1 Å². The van der Waals surface area contributed by atoms with E-state index in [1.54, 1.807) is 14.2 Å². The molecule has 0 aromatic heterocycles. The number of benzene rings is 1. The third-order valence-electron chi connectivity index (χ3n) is 4.01. The highest BCUT2D eigenvalue weighted by Gasteiger charge is 2.17. The van der Waals surface area contributed by atoms with Gasteiger partial charge in [0.1, 0.15) is 11.5 Å². The van der Waals surface area contributed by atoms with Gasteiger partial charge in [-0.15, -0.1) is 0 Å². The van der Waals surface area contributed by atoms with Crippen molar-refractivity contribution in [2.75, 3.05) is 34.4 Å². The van der Waals surface area contributed by atoms with Crippen LogP contribution < -0.4 is 14.8 Å². The lowest BCUT2D eigenvalue weighted by atomic mass is 10.1. The number of hydrogen-bond acceptors (Lipinski definition) is 4. The zero-order valence-corrected chi connectivity index (χ0v) is 12.8. The van der Waals surface area contributed by atoms with E-state index in [1.807, 2.05) is 6.07 Å². The maximum atomic E-state index is 5.34. The van der Waals surface area contributed by atoms with Crippen LogP contribution in [0.3, 0.4) is 0 Å². The first-order valence-corrected chi connectivity index (χ1v) is 7.36. The molecular formula is C16H26N2O2. The maximum Gasteiger partial charge on any atom is 0.122 e. The van der Waals surface area contributed by atoms with Crippen LogP contribution >= 0.6 is 0 Å². The molecule has 1 aliphatic heterocycles. The number of methoxy groups -OCH3 is 2. The topological polar surface area (TPSA) is 33.7 Å². The predicted octanol–water partition coefficient (Wildman–Crippen LogP) is 2.28. The van der Waals surface area contributed by atoms with Crippen molar-refractivity contribution in [1.29, 1.82) is 0 Å². The first-order valence-electron chi connectivity index (χ1n) is 7.36. The van der Waals surface area contributed by atoms with Crippen LogP contribution in [0.4, 0.5) is 0 Å². The second-order valence-electron chi connectivity index (χ2n) is 5.47. The summed E-state index contributed by atoms with van der Waals surface area (Å²) in [5.74, 6) is 1.71. The van der Waals surface area contributed by atoms with Crippen LogP contribution in [0, 0.1) is 0 Å². The molecule has 0 radical (unpaired) electrons. The van der Waals surface area contributed by atoms with Crippen LogP contribution in [0.2, 0.25) is 0 Å². The van der Waals surface area contributed by atoms with E-state index in [0.29, 0.717) is 6.04 Å². The van der Waals surface area contributed by atoms with Crippen LogP contribution in [0.15, 0.2) is 18.2 Å². The van der Waals surface area contributed by atoms with E-state index in [9.17, 15) is 0 Å². The van der Waals surface area contributed by atoms with Crippen molar-refractivity contribution in [1.82, 2.24) is 10.2 Å². The molecule has 4 nitrogen and oxygen atoms in total. The van der Waals surface area contributed by atoms with Crippen LogP contribution in [-0.2, 0) is 6.54 Å². The summed E-state index contributed by atoms with van der Waals surface area (Å²) in [5.41, 5.74) is 1.24. The standard InChI is InChI=1S/C16H26N2O2/c1-18(14-5-4-7-17-8-6-14)12-13-9-15(19-2)11-16(10-13)20-3/h9-11,14,17H,4-8,12H2,1-3H3. The lowest BCUT2D eigenvalue weighted by Gasteiger charge is -2.27. The lowest BCUT2D eigenvalue weighted by Crippen LogP contribution is -2.32. The van der Waals surface area contributed by atoms with Crippen molar-refractivity contribution in [3.63, 3.8) is 0 Å². The van der Waals surface area contributed by atoms with Gasteiger partial charge in [-0.25, -0.2) is 0 Å². The van der Waals surface area contributed by atoms with Gasteiger partial charge in [0.25, 0.3) is 0 Å². The summed E-state index contributed by atoms with van der Waals surface area (Å²) in [6, 6.07) is 6.75. The third kappa shape index (κ3) is 4.12. The minimum Gasteiger partial charge on any atom is -0.497 e. The molecule has 1 aromatic rings. The van der Waals surface area contributed by atoms with Crippen molar-refractivity contribution < 1.29 is 9.47 Å². The van der Waals surface area contributed by atoms with Gasteiger partial charge in [0.05, 0.1) is 14.2 Å². The van der Waals surface area contributed by atoms with Gasteiger partial charge in [-0.3, -0.25) is 4.90 Å². The molecule has 0 aliphatic carbocycles. The smallest absolute Gasteiger partial charge is 0.122 e. The number of nitrogens with one attached hydrogen (secondary N) is 1. The molecule has 1 saturated heterocycles. The Morgan fingerprint density at radius 1 is 1.10 bits per heavy atom. The quantitative estimate of drug-likeness (QED) is 0.896. The highest BCUT2D eigenvalue weighted by molar-refractivity contribution is 5.38. The number of nitrogens with zero attached hydrogens (tertiary/aromatic N) is 1. The van der Waals surface area contributed by atoms with Gasteiger partial charge in [0.15, 0.2) is 0 Å². The summed E-state index contributed by atoms with van der Waals surface area (Å²) in [4.78, 5) is 2.45. The van der Waals surface area contributed by atoms with E-state index >= 15 is 0 Å². The van der Waals surface area contributed by atoms with Gasteiger partial charge in [0.2, 0.25) is 0 Å². The molecule has 1 N–H and O–H groups in total. The molecule has 4 heteroatoms. The summed E-state index contributed by atoms with van der Waals surface area (Å²) >= 11 is 0. The van der Waals surface area contributed by atoms with Crippen molar-refractivity contribution in [3.05, 3.63) is 23.8 Å². The van der Waals surface area contributed by atoms with E-state index in [2.05, 4.69) is 29.4 Å². The van der Waals surface area contributed by atoms with E-state index in [1.165, 1.54) is 24.8 Å². The molecule has 1 heterocycles. The van der Waals surface area contributed by atoms with E-state index in [0.717, 1.165) is 31.1 Å². The number of hydrogen-bond donors (Lipinski definition) is 1. The van der Waals surface area contributed by atoms with Crippen molar-refractivity contribution >= 4 is 0 Å². The predicted molar refractivity (Wildman–Crippen MR) is 81.5 cm³/mol. The highest BCUT2D eigenvalue weighted by Crippen LogP contribution is 2.24. The summed E-state index contributed by atoms with van der Waals surface area (Å²) in [5, 5.41) is 3.47. The molecular weight excluding hydrogens is 252 g/mol. The zero-order chi connectivity index (χ0) is 14.4. The lowest BCUT2D eigenvalue weighted by molar-refractivity contribution is 0.216. The monoisotopic (exact) mass is 278 g/mol. The molecule has 1 aliphatic rings. The minimum atomic E-state index is 0.655. The Balaban J connectivity index is 2.03. The molecule has 0 saturated carbocycles. The third-order valence-corrected chi connectivity index (χ3v) is 4.01. The molecule has 0 amide bonds. The molecule has 1 unspecified atom stereocenters. The fourth-order valence-electron chi connectivity index (χ4n) is 2.82. The maximum absolute atomic E-state index is 5.34. The fraction of sp³-hybridized carbons (Fsp3) is 0.625. The molecule has 1 fully saturated rings. The molecule has 112 valence electrons. The SMILES string of the molecule is COc1cc(CN(C)C2CCCNCC2)cc(OC)c1. The first kappa shape index (κ1) is 15.1. The van der Waals surface area contributed by atoms with Gasteiger partial charge >= 0.3 is 0 Å². The molecule has 2 rings (SSSR count). The molecule has 1 atom stereocenters. The van der Waals surface area contributed by atoms with E-state index in [4.69, 9.17) is 9.47 Å². The number of ether oxygens (including phenoxy) is 2. The molecule has 1 aromatic carbocycles. The Hall–Kier alpha value is -1.26. The Morgan fingerprint density at radius 2 is 1.80 bits per heavy atom. The Bertz CT molecular complexity index is 393. The highest BCUT2D eigenvalue weighted by atomic mass is 16.5. The second-order valence-corrected chi connectivity index (χ2v) is 5.47. The Kier molecular flexibility index (Phi) is 5.68. The van der Waals surface area contributed by atoms with E-state index < -0.39 is 0 Å². The van der Waals surface area contributed by atoms with Crippen LogP contribution in [0.1, 0.15) is 24.8 Å². The fourth-order valence-corrected chi connectivity index (χ4v) is 2.82. The first-order chi connectivity index (χ1) is 9.72. The Labute approximate surface area is 122 Å². The van der Waals surface area contributed by atoms with E-state index in [-0.39, 0.29) is 0 Å². The normalized spacial score (nSPS) is 19.7. The summed E-state index contributed by atoms with van der Waals surface area (Å²) in [7, 11) is 5.60. The van der Waals surface area contributed by atoms with Gasteiger partial charge in [-0.1, -0.05) is 0 Å². The molecule has 20 heavy (non-hydrogen) atoms. The van der Waals surface area contributed by atoms with Crippen molar-refractivity contribution in [3.8, 4) is 11.5 Å². The second kappa shape index (κ2) is 7.50. The zero-order valence-electron chi connectivity index (χ0n) is 12.8. The molecule has 0 spiro atoms. The average molecular weight is 278 g/mol. The Morgan fingerprint density at radius 3 is 2.45 bits per heavy atom. The van der Waals surface area contributed by atoms with Crippen molar-refractivity contribution in [2.45, 2.75) is 31.8 Å². The minimum absolute atomic E-state index is 0.655. The van der Waals surface area contributed by atoms with Crippen LogP contribution in [-0.4, -0.2) is 45.3 Å². The summed E-state index contributed by atoms with van der Waals surface area (Å²) < 4.78 is 10.7. The van der Waals surface area contributed by atoms with Crippen LogP contribution in [0.5, 0.6) is 11.5 Å². The van der Waals surface area contributed by atoms with Gasteiger partial charge < -0.3 is 14.8 Å². The van der Waals surface area contributed by atoms with Crippen molar-refractivity contribution in [2.24, 2.45) is 0 Å². The molecule has 0 bridgehead atoms.